The number of aliphatic hydroxyl groups is 1. The van der Waals surface area contributed by atoms with Crippen LogP contribution in [0.25, 0.3) is 5.76 Å². The highest BCUT2D eigenvalue weighted by molar-refractivity contribution is 6.51. The zero-order valence-electron chi connectivity index (χ0n) is 20.2. The Morgan fingerprint density at radius 2 is 1.41 bits per heavy atom. The molecule has 1 amide bonds. The number of aromatic nitrogens is 1. The third kappa shape index (κ3) is 4.26. The molecule has 1 saturated heterocycles. The van der Waals surface area contributed by atoms with Crippen LogP contribution in [0.1, 0.15) is 73.4 Å². The van der Waals surface area contributed by atoms with Gasteiger partial charge in [0.15, 0.2) is 0 Å². The highest BCUT2D eigenvalue weighted by atomic mass is 16.3. The summed E-state index contributed by atoms with van der Waals surface area (Å²) >= 11 is 0. The molecule has 1 unspecified atom stereocenters. The molecule has 5 nitrogen and oxygen atoms in total. The number of benzene rings is 2. The Hall–Kier alpha value is -3.73. The number of amides is 1. The van der Waals surface area contributed by atoms with E-state index in [2.05, 4.69) is 32.7 Å². The van der Waals surface area contributed by atoms with E-state index in [-0.39, 0.29) is 11.3 Å². The fourth-order valence-corrected chi connectivity index (χ4v) is 4.23. The van der Waals surface area contributed by atoms with Crippen LogP contribution in [0.3, 0.4) is 0 Å². The van der Waals surface area contributed by atoms with E-state index in [0.717, 1.165) is 22.3 Å². The maximum absolute atomic E-state index is 13.3. The van der Waals surface area contributed by atoms with Crippen molar-refractivity contribution >= 4 is 23.3 Å². The summed E-state index contributed by atoms with van der Waals surface area (Å²) in [6.07, 6.45) is 1.66. The van der Waals surface area contributed by atoms with Crippen LogP contribution in [0.5, 0.6) is 0 Å². The zero-order chi connectivity index (χ0) is 24.6. The van der Waals surface area contributed by atoms with Gasteiger partial charge in [-0.2, -0.15) is 0 Å². The standard InChI is InChI=1S/C29H30N2O3/c1-17(2)20-7-11-22(12-8-20)26-25(27(32)23-13-9-21(10-14-23)18(3)4)28(33)29(34)31(26)24-15-6-19(5)16-30-24/h6-18,26,32H,1-5H3/b27-25-. The van der Waals surface area contributed by atoms with E-state index in [9.17, 15) is 14.7 Å². The summed E-state index contributed by atoms with van der Waals surface area (Å²) in [5, 5.41) is 11.3. The van der Waals surface area contributed by atoms with Gasteiger partial charge in [-0.15, -0.1) is 0 Å². The lowest BCUT2D eigenvalue weighted by Gasteiger charge is -2.25. The molecule has 174 valence electrons. The first kappa shape index (κ1) is 23.4. The molecule has 1 N–H and O–H groups in total. The van der Waals surface area contributed by atoms with Crippen molar-refractivity contribution in [3.05, 3.63) is 100 Å². The average molecular weight is 455 g/mol. The molecule has 0 saturated carbocycles. The Morgan fingerprint density at radius 3 is 1.91 bits per heavy atom. The molecule has 1 aliphatic rings. The number of hydrogen-bond donors (Lipinski definition) is 1. The summed E-state index contributed by atoms with van der Waals surface area (Å²) in [5.41, 5.74) is 4.54. The normalized spacial score (nSPS) is 17.7. The number of rotatable bonds is 5. The van der Waals surface area contributed by atoms with Crippen LogP contribution in [-0.2, 0) is 9.59 Å². The minimum Gasteiger partial charge on any atom is -0.507 e. The monoisotopic (exact) mass is 454 g/mol. The molecule has 5 heteroatoms. The first-order chi connectivity index (χ1) is 16.2. The minimum atomic E-state index is -0.777. The number of Topliss-reactive ketones (excluding diaryl/α,β-unsaturated/α-hetero) is 1. The third-order valence-electron chi connectivity index (χ3n) is 6.36. The lowest BCUT2D eigenvalue weighted by atomic mass is 9.92. The summed E-state index contributed by atoms with van der Waals surface area (Å²) in [6, 6.07) is 18.1. The Balaban J connectivity index is 1.89. The van der Waals surface area contributed by atoms with Gasteiger partial charge in [-0.25, -0.2) is 4.98 Å². The summed E-state index contributed by atoms with van der Waals surface area (Å²) in [7, 11) is 0. The third-order valence-corrected chi connectivity index (χ3v) is 6.36. The van der Waals surface area contributed by atoms with E-state index in [1.54, 1.807) is 24.4 Å². The number of aryl methyl sites for hydroxylation is 1. The number of carbonyl (C=O) groups excluding carboxylic acids is 2. The molecule has 1 aliphatic heterocycles. The zero-order valence-corrected chi connectivity index (χ0v) is 20.2. The van der Waals surface area contributed by atoms with Crippen LogP contribution in [0.2, 0.25) is 0 Å². The highest BCUT2D eigenvalue weighted by Crippen LogP contribution is 2.42. The number of carbonyl (C=O) groups is 2. The Morgan fingerprint density at radius 1 is 0.853 bits per heavy atom. The van der Waals surface area contributed by atoms with Crippen molar-refractivity contribution in [2.75, 3.05) is 4.90 Å². The van der Waals surface area contributed by atoms with Gasteiger partial charge in [0.2, 0.25) is 0 Å². The van der Waals surface area contributed by atoms with Gasteiger partial charge in [0.25, 0.3) is 5.78 Å². The van der Waals surface area contributed by atoms with E-state index in [1.807, 2.05) is 49.4 Å². The second-order valence-corrected chi connectivity index (χ2v) is 9.46. The van der Waals surface area contributed by atoms with Crippen LogP contribution >= 0.6 is 0 Å². The Bertz CT molecular complexity index is 1240. The molecular weight excluding hydrogens is 424 g/mol. The number of hydrogen-bond acceptors (Lipinski definition) is 4. The van der Waals surface area contributed by atoms with E-state index >= 15 is 0 Å². The first-order valence-electron chi connectivity index (χ1n) is 11.6. The molecule has 1 fully saturated rings. The van der Waals surface area contributed by atoms with Gasteiger partial charge in [0.05, 0.1) is 11.6 Å². The second kappa shape index (κ2) is 9.26. The van der Waals surface area contributed by atoms with Crippen molar-refractivity contribution in [2.24, 2.45) is 0 Å². The number of ketones is 1. The molecule has 34 heavy (non-hydrogen) atoms. The predicted octanol–water partition coefficient (Wildman–Crippen LogP) is 6.26. The summed E-state index contributed by atoms with van der Waals surface area (Å²) < 4.78 is 0. The lowest BCUT2D eigenvalue weighted by Crippen LogP contribution is -2.30. The summed E-state index contributed by atoms with van der Waals surface area (Å²) in [5.74, 6) is -0.533. The number of anilines is 1. The molecule has 3 aromatic rings. The molecule has 0 aliphatic carbocycles. The average Bonchev–Trinajstić information content (AvgIpc) is 3.09. The van der Waals surface area contributed by atoms with Crippen molar-refractivity contribution in [2.45, 2.75) is 52.5 Å². The highest BCUT2D eigenvalue weighted by Gasteiger charge is 2.47. The van der Waals surface area contributed by atoms with E-state index in [1.165, 1.54) is 4.90 Å². The van der Waals surface area contributed by atoms with Gasteiger partial charge in [-0.05, 0) is 47.1 Å². The first-order valence-corrected chi connectivity index (χ1v) is 11.6. The molecule has 1 atom stereocenters. The van der Waals surface area contributed by atoms with Crippen LogP contribution in [-0.4, -0.2) is 21.8 Å². The van der Waals surface area contributed by atoms with Gasteiger partial charge in [0.1, 0.15) is 11.6 Å². The Labute approximate surface area is 200 Å². The molecule has 4 rings (SSSR count). The van der Waals surface area contributed by atoms with Gasteiger partial charge in [-0.3, -0.25) is 14.5 Å². The quantitative estimate of drug-likeness (QED) is 0.280. The summed E-state index contributed by atoms with van der Waals surface area (Å²) in [6.45, 7) is 10.3. The molecule has 2 aromatic carbocycles. The van der Waals surface area contributed by atoms with Crippen LogP contribution < -0.4 is 4.90 Å². The maximum Gasteiger partial charge on any atom is 0.301 e. The lowest BCUT2D eigenvalue weighted by molar-refractivity contribution is -0.132. The predicted molar refractivity (Wildman–Crippen MR) is 135 cm³/mol. The van der Waals surface area contributed by atoms with Crippen molar-refractivity contribution in [3.63, 3.8) is 0 Å². The van der Waals surface area contributed by atoms with E-state index in [4.69, 9.17) is 0 Å². The molecule has 0 bridgehead atoms. The maximum atomic E-state index is 13.3. The largest absolute Gasteiger partial charge is 0.507 e. The van der Waals surface area contributed by atoms with Crippen molar-refractivity contribution in [1.29, 1.82) is 0 Å². The van der Waals surface area contributed by atoms with Gasteiger partial charge in [0, 0.05) is 11.8 Å². The molecule has 0 spiro atoms. The molecule has 2 heterocycles. The number of aliphatic hydroxyl groups excluding tert-OH is 1. The fraction of sp³-hybridized carbons (Fsp3) is 0.276. The van der Waals surface area contributed by atoms with Crippen molar-refractivity contribution in [1.82, 2.24) is 4.98 Å². The second-order valence-electron chi connectivity index (χ2n) is 9.46. The van der Waals surface area contributed by atoms with E-state index < -0.39 is 17.7 Å². The van der Waals surface area contributed by atoms with Crippen LogP contribution in [0.15, 0.2) is 72.4 Å². The summed E-state index contributed by atoms with van der Waals surface area (Å²) in [4.78, 5) is 32.3. The minimum absolute atomic E-state index is 0.0713. The van der Waals surface area contributed by atoms with Gasteiger partial charge < -0.3 is 5.11 Å². The Kier molecular flexibility index (Phi) is 6.38. The van der Waals surface area contributed by atoms with Gasteiger partial charge in [-0.1, -0.05) is 82.3 Å². The topological polar surface area (TPSA) is 70.5 Å². The fourth-order valence-electron chi connectivity index (χ4n) is 4.23. The molecule has 1 aromatic heterocycles. The van der Waals surface area contributed by atoms with Crippen molar-refractivity contribution < 1.29 is 14.7 Å². The van der Waals surface area contributed by atoms with Crippen LogP contribution in [0, 0.1) is 6.92 Å². The number of nitrogens with zero attached hydrogens (tertiary/aromatic N) is 2. The van der Waals surface area contributed by atoms with E-state index in [0.29, 0.717) is 23.2 Å². The molecule has 0 radical (unpaired) electrons. The molecular formula is C29H30N2O3. The van der Waals surface area contributed by atoms with Gasteiger partial charge >= 0.3 is 5.91 Å². The van der Waals surface area contributed by atoms with Crippen LogP contribution in [0.4, 0.5) is 5.82 Å². The van der Waals surface area contributed by atoms with Crippen molar-refractivity contribution in [3.8, 4) is 0 Å². The smallest absolute Gasteiger partial charge is 0.301 e. The SMILES string of the molecule is Cc1ccc(N2C(=O)C(=O)/C(=C(\O)c3ccc(C(C)C)cc3)C2c2ccc(C(C)C)cc2)nc1. The number of pyridine rings is 1.